The van der Waals surface area contributed by atoms with E-state index in [9.17, 15) is 9.18 Å². The van der Waals surface area contributed by atoms with Crippen molar-refractivity contribution in [3.63, 3.8) is 0 Å². The highest BCUT2D eigenvalue weighted by Gasteiger charge is 2.39. The number of ether oxygens (including phenoxy) is 1. The maximum absolute atomic E-state index is 14.3. The Labute approximate surface area is 124 Å². The number of halogens is 1. The van der Waals surface area contributed by atoms with E-state index in [0.717, 1.165) is 19.3 Å². The molecule has 3 N–H and O–H groups in total. The lowest BCUT2D eigenvalue weighted by Gasteiger charge is -2.41. The first kappa shape index (κ1) is 15.8. The second-order valence-electron chi connectivity index (χ2n) is 6.66. The molecule has 1 amide bonds. The van der Waals surface area contributed by atoms with E-state index in [-0.39, 0.29) is 11.2 Å². The minimum Gasteiger partial charge on any atom is -0.444 e. The van der Waals surface area contributed by atoms with Crippen LogP contribution in [0.3, 0.4) is 0 Å². The van der Waals surface area contributed by atoms with Crippen LogP contribution in [0, 0.1) is 5.82 Å². The SMILES string of the molecule is CC(C)(C)OC(=O)Nc1ccc(C2(CN)CCC2)c(F)c1. The Hall–Kier alpha value is -1.62. The average molecular weight is 294 g/mol. The Morgan fingerprint density at radius 3 is 2.52 bits per heavy atom. The van der Waals surface area contributed by atoms with Gasteiger partial charge in [-0.05, 0) is 51.3 Å². The Balaban J connectivity index is 2.11. The number of nitrogens with one attached hydrogen (secondary N) is 1. The van der Waals surface area contributed by atoms with Crippen LogP contribution in [-0.4, -0.2) is 18.2 Å². The Morgan fingerprint density at radius 1 is 1.43 bits per heavy atom. The summed E-state index contributed by atoms with van der Waals surface area (Å²) >= 11 is 0. The fourth-order valence-electron chi connectivity index (χ4n) is 2.63. The van der Waals surface area contributed by atoms with Crippen LogP contribution in [0.25, 0.3) is 0 Å². The van der Waals surface area contributed by atoms with Crippen molar-refractivity contribution in [3.8, 4) is 0 Å². The van der Waals surface area contributed by atoms with Crippen molar-refractivity contribution < 1.29 is 13.9 Å². The molecule has 0 aromatic heterocycles. The molecule has 2 rings (SSSR count). The molecule has 0 spiro atoms. The highest BCUT2D eigenvalue weighted by Crippen LogP contribution is 2.44. The quantitative estimate of drug-likeness (QED) is 0.896. The third kappa shape index (κ3) is 3.53. The van der Waals surface area contributed by atoms with Crippen molar-refractivity contribution in [1.82, 2.24) is 0 Å². The zero-order valence-corrected chi connectivity index (χ0v) is 12.8. The van der Waals surface area contributed by atoms with E-state index in [2.05, 4.69) is 5.32 Å². The van der Waals surface area contributed by atoms with Crippen LogP contribution in [0.4, 0.5) is 14.9 Å². The third-order valence-corrected chi connectivity index (χ3v) is 3.89. The number of rotatable bonds is 3. The maximum Gasteiger partial charge on any atom is 0.412 e. The number of carbonyl (C=O) groups excluding carboxylic acids is 1. The summed E-state index contributed by atoms with van der Waals surface area (Å²) in [6.45, 7) is 5.77. The number of hydrogen-bond donors (Lipinski definition) is 2. The molecule has 0 saturated heterocycles. The smallest absolute Gasteiger partial charge is 0.412 e. The molecule has 0 atom stereocenters. The predicted octanol–water partition coefficient (Wildman–Crippen LogP) is 3.55. The van der Waals surface area contributed by atoms with Crippen LogP contribution in [0.1, 0.15) is 45.6 Å². The summed E-state index contributed by atoms with van der Waals surface area (Å²) < 4.78 is 19.4. The van der Waals surface area contributed by atoms with Gasteiger partial charge in [0.25, 0.3) is 0 Å². The molecule has 0 aliphatic heterocycles. The second kappa shape index (κ2) is 5.64. The molecule has 4 nitrogen and oxygen atoms in total. The first-order valence-electron chi connectivity index (χ1n) is 7.26. The molecular weight excluding hydrogens is 271 g/mol. The molecular formula is C16H23FN2O2. The van der Waals surface area contributed by atoms with Crippen LogP contribution in [0.15, 0.2) is 18.2 Å². The molecule has 1 fully saturated rings. The number of nitrogens with two attached hydrogens (primary N) is 1. The molecule has 0 bridgehead atoms. The summed E-state index contributed by atoms with van der Waals surface area (Å²) in [6.07, 6.45) is 2.32. The van der Waals surface area contributed by atoms with E-state index >= 15 is 0 Å². The van der Waals surface area contributed by atoms with E-state index in [1.54, 1.807) is 32.9 Å². The zero-order chi connectivity index (χ0) is 15.7. The molecule has 1 aromatic carbocycles. The Kier molecular flexibility index (Phi) is 4.23. The number of anilines is 1. The summed E-state index contributed by atoms with van der Waals surface area (Å²) in [5, 5.41) is 2.54. The molecule has 1 aliphatic rings. The van der Waals surface area contributed by atoms with E-state index in [0.29, 0.717) is 17.8 Å². The van der Waals surface area contributed by atoms with E-state index in [1.165, 1.54) is 6.07 Å². The van der Waals surface area contributed by atoms with E-state index < -0.39 is 11.7 Å². The van der Waals surface area contributed by atoms with Crippen molar-refractivity contribution in [3.05, 3.63) is 29.6 Å². The van der Waals surface area contributed by atoms with Gasteiger partial charge in [-0.25, -0.2) is 9.18 Å². The summed E-state index contributed by atoms with van der Waals surface area (Å²) in [6, 6.07) is 4.74. The molecule has 0 radical (unpaired) electrons. The van der Waals surface area contributed by atoms with Crippen LogP contribution in [0.5, 0.6) is 0 Å². The van der Waals surface area contributed by atoms with Crippen molar-refractivity contribution >= 4 is 11.8 Å². The second-order valence-corrected chi connectivity index (χ2v) is 6.66. The van der Waals surface area contributed by atoms with Gasteiger partial charge < -0.3 is 10.5 Å². The first-order chi connectivity index (χ1) is 9.76. The van der Waals surface area contributed by atoms with Crippen molar-refractivity contribution in [2.45, 2.75) is 51.0 Å². The van der Waals surface area contributed by atoms with Gasteiger partial charge in [-0.15, -0.1) is 0 Å². The third-order valence-electron chi connectivity index (χ3n) is 3.89. The molecule has 21 heavy (non-hydrogen) atoms. The lowest BCUT2D eigenvalue weighted by Crippen LogP contribution is -2.42. The number of carbonyl (C=O) groups is 1. The largest absolute Gasteiger partial charge is 0.444 e. The lowest BCUT2D eigenvalue weighted by atomic mass is 9.64. The van der Waals surface area contributed by atoms with Crippen molar-refractivity contribution in [1.29, 1.82) is 0 Å². The van der Waals surface area contributed by atoms with Crippen LogP contribution in [0.2, 0.25) is 0 Å². The van der Waals surface area contributed by atoms with Gasteiger partial charge in [0.2, 0.25) is 0 Å². The summed E-state index contributed by atoms with van der Waals surface area (Å²) in [5.74, 6) is -0.325. The van der Waals surface area contributed by atoms with Gasteiger partial charge in [-0.2, -0.15) is 0 Å². The van der Waals surface area contributed by atoms with Crippen molar-refractivity contribution in [2.24, 2.45) is 5.73 Å². The number of amides is 1. The highest BCUT2D eigenvalue weighted by molar-refractivity contribution is 5.84. The predicted molar refractivity (Wildman–Crippen MR) is 80.8 cm³/mol. The Morgan fingerprint density at radius 2 is 2.10 bits per heavy atom. The van der Waals surface area contributed by atoms with Crippen LogP contribution >= 0.6 is 0 Å². The van der Waals surface area contributed by atoms with Gasteiger partial charge in [-0.3, -0.25) is 5.32 Å². The monoisotopic (exact) mass is 294 g/mol. The fraction of sp³-hybridized carbons (Fsp3) is 0.562. The Bertz CT molecular complexity index is 528. The summed E-state index contributed by atoms with van der Waals surface area (Å²) in [4.78, 5) is 11.7. The molecule has 5 heteroatoms. The normalized spacial score (nSPS) is 17.0. The first-order valence-corrected chi connectivity index (χ1v) is 7.26. The number of hydrogen-bond acceptors (Lipinski definition) is 3. The minimum atomic E-state index is -0.591. The molecule has 116 valence electrons. The molecule has 1 aromatic rings. The minimum absolute atomic E-state index is 0.228. The number of benzene rings is 1. The van der Waals surface area contributed by atoms with Gasteiger partial charge in [0.1, 0.15) is 11.4 Å². The van der Waals surface area contributed by atoms with Gasteiger partial charge >= 0.3 is 6.09 Å². The van der Waals surface area contributed by atoms with E-state index in [4.69, 9.17) is 10.5 Å². The highest BCUT2D eigenvalue weighted by atomic mass is 19.1. The lowest BCUT2D eigenvalue weighted by molar-refractivity contribution is 0.0636. The molecule has 1 saturated carbocycles. The van der Waals surface area contributed by atoms with Crippen molar-refractivity contribution in [2.75, 3.05) is 11.9 Å². The van der Waals surface area contributed by atoms with Gasteiger partial charge in [0.05, 0.1) is 0 Å². The molecule has 0 heterocycles. The van der Waals surface area contributed by atoms with Gasteiger partial charge in [-0.1, -0.05) is 12.5 Å². The zero-order valence-electron chi connectivity index (χ0n) is 12.8. The van der Waals surface area contributed by atoms with Gasteiger partial charge in [0.15, 0.2) is 0 Å². The fourth-order valence-corrected chi connectivity index (χ4v) is 2.63. The topological polar surface area (TPSA) is 64.3 Å². The maximum atomic E-state index is 14.3. The molecule has 1 aliphatic carbocycles. The summed E-state index contributed by atoms with van der Waals surface area (Å²) in [5.41, 5.74) is 6.02. The van der Waals surface area contributed by atoms with Crippen LogP contribution < -0.4 is 11.1 Å². The van der Waals surface area contributed by atoms with E-state index in [1.807, 2.05) is 0 Å². The average Bonchev–Trinajstić information content (AvgIpc) is 2.28. The van der Waals surface area contributed by atoms with Crippen LogP contribution in [-0.2, 0) is 10.2 Å². The van der Waals surface area contributed by atoms with Gasteiger partial charge in [0, 0.05) is 17.6 Å². The molecule has 0 unspecified atom stereocenters. The summed E-state index contributed by atoms with van der Waals surface area (Å²) in [7, 11) is 0. The standard InChI is InChI=1S/C16H23FN2O2/c1-15(2,3)21-14(20)19-11-5-6-12(13(17)9-11)16(10-18)7-4-8-16/h5-6,9H,4,7-8,10,18H2,1-3H3,(H,19,20).